The van der Waals surface area contributed by atoms with Crippen LogP contribution in [0.3, 0.4) is 0 Å². The van der Waals surface area contributed by atoms with Crippen molar-refractivity contribution in [1.82, 2.24) is 4.90 Å². The van der Waals surface area contributed by atoms with Crippen LogP contribution in [0.25, 0.3) is 0 Å². The van der Waals surface area contributed by atoms with Gasteiger partial charge in [0.2, 0.25) is 0 Å². The molecule has 0 saturated heterocycles. The van der Waals surface area contributed by atoms with Crippen molar-refractivity contribution >= 4 is 11.3 Å². The predicted molar refractivity (Wildman–Crippen MR) is 81.9 cm³/mol. The number of thiophene rings is 1. The molecule has 0 aliphatic rings. The highest BCUT2D eigenvalue weighted by atomic mass is 32.1. The van der Waals surface area contributed by atoms with E-state index in [4.69, 9.17) is 5.73 Å². The second-order valence-electron chi connectivity index (χ2n) is 5.54. The average molecular weight is 268 g/mol. The molecule has 1 rings (SSSR count). The quantitative estimate of drug-likeness (QED) is 0.741. The Kier molecular flexibility index (Phi) is 7.56. The first-order chi connectivity index (χ1) is 8.63. The van der Waals surface area contributed by atoms with Crippen LogP contribution in [0.4, 0.5) is 0 Å². The standard InChI is InChI=1S/C15H28N2S/c1-13(2)14(8-9-16)6-4-10-17(3)12-15-7-5-11-18-15/h5,7,11,13-14H,4,6,8-10,12,16H2,1-3H3. The topological polar surface area (TPSA) is 29.3 Å². The van der Waals surface area contributed by atoms with Crippen LogP contribution in [0.1, 0.15) is 38.0 Å². The molecular weight excluding hydrogens is 240 g/mol. The van der Waals surface area contributed by atoms with Crippen LogP contribution < -0.4 is 5.73 Å². The first-order valence-electron chi connectivity index (χ1n) is 7.04. The summed E-state index contributed by atoms with van der Waals surface area (Å²) in [5, 5.41) is 2.15. The van der Waals surface area contributed by atoms with Crippen LogP contribution in [-0.4, -0.2) is 25.0 Å². The highest BCUT2D eigenvalue weighted by molar-refractivity contribution is 7.09. The van der Waals surface area contributed by atoms with Crippen molar-refractivity contribution in [3.63, 3.8) is 0 Å². The van der Waals surface area contributed by atoms with E-state index in [1.807, 2.05) is 11.3 Å². The third-order valence-electron chi connectivity index (χ3n) is 3.60. The highest BCUT2D eigenvalue weighted by Gasteiger charge is 2.12. The van der Waals surface area contributed by atoms with Crippen molar-refractivity contribution in [2.75, 3.05) is 20.1 Å². The van der Waals surface area contributed by atoms with Crippen molar-refractivity contribution in [2.24, 2.45) is 17.6 Å². The van der Waals surface area contributed by atoms with Gasteiger partial charge >= 0.3 is 0 Å². The van der Waals surface area contributed by atoms with E-state index in [0.29, 0.717) is 0 Å². The molecule has 1 unspecified atom stereocenters. The molecule has 0 fully saturated rings. The Morgan fingerprint density at radius 1 is 1.33 bits per heavy atom. The Hall–Kier alpha value is -0.380. The summed E-state index contributed by atoms with van der Waals surface area (Å²) in [6, 6.07) is 4.34. The second kappa shape index (κ2) is 8.68. The minimum Gasteiger partial charge on any atom is -0.330 e. The lowest BCUT2D eigenvalue weighted by Crippen LogP contribution is -2.21. The largest absolute Gasteiger partial charge is 0.330 e. The lowest BCUT2D eigenvalue weighted by Gasteiger charge is -2.22. The van der Waals surface area contributed by atoms with E-state index in [2.05, 4.69) is 43.3 Å². The summed E-state index contributed by atoms with van der Waals surface area (Å²) >= 11 is 1.85. The van der Waals surface area contributed by atoms with Crippen LogP contribution in [0.2, 0.25) is 0 Å². The Morgan fingerprint density at radius 3 is 2.67 bits per heavy atom. The molecule has 0 saturated carbocycles. The molecule has 1 atom stereocenters. The van der Waals surface area contributed by atoms with Crippen LogP contribution in [0.5, 0.6) is 0 Å². The zero-order valence-corrected chi connectivity index (χ0v) is 12.9. The van der Waals surface area contributed by atoms with E-state index in [0.717, 1.165) is 24.9 Å². The summed E-state index contributed by atoms with van der Waals surface area (Å²) in [4.78, 5) is 3.88. The molecule has 0 spiro atoms. The van der Waals surface area contributed by atoms with Gasteiger partial charge in [0.05, 0.1) is 0 Å². The van der Waals surface area contributed by atoms with Gasteiger partial charge in [-0.3, -0.25) is 0 Å². The molecule has 1 aromatic heterocycles. The number of hydrogen-bond donors (Lipinski definition) is 1. The summed E-state index contributed by atoms with van der Waals surface area (Å²) < 4.78 is 0. The Balaban J connectivity index is 2.19. The maximum atomic E-state index is 5.68. The summed E-state index contributed by atoms with van der Waals surface area (Å²) in [7, 11) is 2.22. The summed E-state index contributed by atoms with van der Waals surface area (Å²) in [6.45, 7) is 7.73. The van der Waals surface area contributed by atoms with E-state index in [9.17, 15) is 0 Å². The van der Waals surface area contributed by atoms with Crippen molar-refractivity contribution < 1.29 is 0 Å². The average Bonchev–Trinajstić information content (AvgIpc) is 2.80. The summed E-state index contributed by atoms with van der Waals surface area (Å²) in [5.41, 5.74) is 5.68. The van der Waals surface area contributed by atoms with Gasteiger partial charge in [-0.1, -0.05) is 19.9 Å². The molecule has 2 N–H and O–H groups in total. The molecule has 0 aliphatic heterocycles. The minimum atomic E-state index is 0.760. The molecule has 0 amide bonds. The SMILES string of the molecule is CC(C)C(CCN)CCCN(C)Cc1cccs1. The van der Waals surface area contributed by atoms with Crippen molar-refractivity contribution in [3.05, 3.63) is 22.4 Å². The van der Waals surface area contributed by atoms with Crippen LogP contribution in [-0.2, 0) is 6.54 Å². The Morgan fingerprint density at radius 2 is 2.11 bits per heavy atom. The van der Waals surface area contributed by atoms with E-state index in [1.54, 1.807) is 0 Å². The third kappa shape index (κ3) is 5.98. The lowest BCUT2D eigenvalue weighted by atomic mass is 9.88. The van der Waals surface area contributed by atoms with Crippen molar-refractivity contribution in [1.29, 1.82) is 0 Å². The molecule has 18 heavy (non-hydrogen) atoms. The number of nitrogens with zero attached hydrogens (tertiary/aromatic N) is 1. The molecule has 1 heterocycles. The molecule has 2 nitrogen and oxygen atoms in total. The molecule has 0 radical (unpaired) electrons. The van der Waals surface area contributed by atoms with Gasteiger partial charge < -0.3 is 10.6 Å². The predicted octanol–water partition coefficient (Wildman–Crippen LogP) is 3.58. The summed E-state index contributed by atoms with van der Waals surface area (Å²) in [6.07, 6.45) is 3.76. The second-order valence-corrected chi connectivity index (χ2v) is 6.57. The van der Waals surface area contributed by atoms with Crippen LogP contribution in [0, 0.1) is 11.8 Å². The smallest absolute Gasteiger partial charge is 0.0324 e. The number of nitrogens with two attached hydrogens (primary N) is 1. The fourth-order valence-corrected chi connectivity index (χ4v) is 3.18. The first kappa shape index (κ1) is 15.7. The van der Waals surface area contributed by atoms with Gasteiger partial charge in [0.1, 0.15) is 0 Å². The minimum absolute atomic E-state index is 0.760. The van der Waals surface area contributed by atoms with E-state index >= 15 is 0 Å². The zero-order chi connectivity index (χ0) is 13.4. The number of rotatable bonds is 9. The summed E-state index contributed by atoms with van der Waals surface area (Å²) in [5.74, 6) is 1.56. The maximum absolute atomic E-state index is 5.68. The normalized spacial score (nSPS) is 13.4. The monoisotopic (exact) mass is 268 g/mol. The fourth-order valence-electron chi connectivity index (χ4n) is 2.40. The van der Waals surface area contributed by atoms with Gasteiger partial charge in [0.15, 0.2) is 0 Å². The highest BCUT2D eigenvalue weighted by Crippen LogP contribution is 2.20. The lowest BCUT2D eigenvalue weighted by molar-refractivity contribution is 0.279. The third-order valence-corrected chi connectivity index (χ3v) is 4.46. The van der Waals surface area contributed by atoms with Gasteiger partial charge in [-0.25, -0.2) is 0 Å². The van der Waals surface area contributed by atoms with E-state index in [-0.39, 0.29) is 0 Å². The Labute approximate surface area is 116 Å². The van der Waals surface area contributed by atoms with Crippen molar-refractivity contribution in [2.45, 2.75) is 39.7 Å². The molecule has 0 aliphatic carbocycles. The molecule has 0 aromatic carbocycles. The van der Waals surface area contributed by atoms with Crippen molar-refractivity contribution in [3.8, 4) is 0 Å². The van der Waals surface area contributed by atoms with Gasteiger partial charge in [-0.2, -0.15) is 0 Å². The van der Waals surface area contributed by atoms with Crippen LogP contribution in [0.15, 0.2) is 17.5 Å². The molecule has 104 valence electrons. The zero-order valence-electron chi connectivity index (χ0n) is 12.1. The molecule has 1 aromatic rings. The first-order valence-corrected chi connectivity index (χ1v) is 7.92. The van der Waals surface area contributed by atoms with Gasteiger partial charge in [-0.15, -0.1) is 11.3 Å². The van der Waals surface area contributed by atoms with Gasteiger partial charge in [0.25, 0.3) is 0 Å². The fraction of sp³-hybridized carbons (Fsp3) is 0.733. The maximum Gasteiger partial charge on any atom is 0.0324 e. The van der Waals surface area contributed by atoms with E-state index in [1.165, 1.54) is 30.7 Å². The number of hydrogen-bond acceptors (Lipinski definition) is 3. The Bertz CT molecular complexity index is 295. The van der Waals surface area contributed by atoms with E-state index < -0.39 is 0 Å². The molecular formula is C15H28N2S. The van der Waals surface area contributed by atoms with Gasteiger partial charge in [0, 0.05) is 11.4 Å². The van der Waals surface area contributed by atoms with Gasteiger partial charge in [-0.05, 0) is 62.7 Å². The molecule has 0 bridgehead atoms. The van der Waals surface area contributed by atoms with Crippen LogP contribution >= 0.6 is 11.3 Å². The molecule has 3 heteroatoms.